The first-order valence-electron chi connectivity index (χ1n) is 6.88. The van der Waals surface area contributed by atoms with Gasteiger partial charge in [-0.05, 0) is 23.8 Å². The highest BCUT2D eigenvalue weighted by Gasteiger charge is 2.20. The minimum Gasteiger partial charge on any atom is -0.373 e. The van der Waals surface area contributed by atoms with Gasteiger partial charge in [0.05, 0.1) is 0 Å². The molecule has 1 atom stereocenters. The van der Waals surface area contributed by atoms with Crippen molar-refractivity contribution in [3.63, 3.8) is 0 Å². The Morgan fingerprint density at radius 3 is 2.63 bits per heavy atom. The van der Waals surface area contributed by atoms with E-state index in [1.165, 1.54) is 17.9 Å². The minimum absolute atomic E-state index is 0.0352. The summed E-state index contributed by atoms with van der Waals surface area (Å²) in [5, 5.41) is 6.58. The first-order chi connectivity index (χ1) is 8.99. The lowest BCUT2D eigenvalue weighted by atomic mass is 9.96. The standard InChI is InChI=1S/C14H24N4S/c1-14(2,3)13-17-11(15-4)7-12(18-13)16-8-10-5-6-19-9-10/h7,10H,5-6,8-9H2,1-4H3,(H2,15,16,17,18). The van der Waals surface area contributed by atoms with Gasteiger partial charge in [-0.15, -0.1) is 0 Å². The maximum absolute atomic E-state index is 4.64. The molecule has 0 bridgehead atoms. The van der Waals surface area contributed by atoms with Crippen LogP contribution in [0, 0.1) is 5.92 Å². The van der Waals surface area contributed by atoms with Crippen LogP contribution in [-0.2, 0) is 5.41 Å². The average Bonchev–Trinajstić information content (AvgIpc) is 2.88. The van der Waals surface area contributed by atoms with Gasteiger partial charge in [0.15, 0.2) is 0 Å². The van der Waals surface area contributed by atoms with Gasteiger partial charge in [0.25, 0.3) is 0 Å². The Hall–Kier alpha value is -0.970. The fraction of sp³-hybridized carbons (Fsp3) is 0.714. The Bertz CT molecular complexity index is 422. The summed E-state index contributed by atoms with van der Waals surface area (Å²) in [6.45, 7) is 7.42. The highest BCUT2D eigenvalue weighted by Crippen LogP contribution is 2.25. The van der Waals surface area contributed by atoms with Gasteiger partial charge in [-0.25, -0.2) is 9.97 Å². The van der Waals surface area contributed by atoms with Crippen LogP contribution in [0.15, 0.2) is 6.07 Å². The van der Waals surface area contributed by atoms with Gasteiger partial charge in [0.1, 0.15) is 17.5 Å². The second-order valence-corrected chi connectivity index (χ2v) is 7.22. The van der Waals surface area contributed by atoms with Crippen LogP contribution in [0.1, 0.15) is 33.0 Å². The SMILES string of the molecule is CNc1cc(NCC2CCSC2)nc(C(C)(C)C)n1. The van der Waals surface area contributed by atoms with Crippen LogP contribution < -0.4 is 10.6 Å². The zero-order valence-electron chi connectivity index (χ0n) is 12.3. The smallest absolute Gasteiger partial charge is 0.138 e. The second-order valence-electron chi connectivity index (χ2n) is 6.07. The van der Waals surface area contributed by atoms with Crippen molar-refractivity contribution in [3.05, 3.63) is 11.9 Å². The van der Waals surface area contributed by atoms with E-state index in [0.717, 1.165) is 29.9 Å². The topological polar surface area (TPSA) is 49.8 Å². The second kappa shape index (κ2) is 5.99. The Morgan fingerprint density at radius 2 is 2.05 bits per heavy atom. The third-order valence-corrected chi connectivity index (χ3v) is 4.48. The fourth-order valence-electron chi connectivity index (χ4n) is 1.99. The molecule has 1 unspecified atom stereocenters. The molecule has 5 heteroatoms. The summed E-state index contributed by atoms with van der Waals surface area (Å²) in [6.07, 6.45) is 1.31. The fourth-order valence-corrected chi connectivity index (χ4v) is 3.28. The first-order valence-corrected chi connectivity index (χ1v) is 8.03. The van der Waals surface area contributed by atoms with E-state index in [9.17, 15) is 0 Å². The molecule has 0 aromatic carbocycles. The highest BCUT2D eigenvalue weighted by molar-refractivity contribution is 7.99. The average molecular weight is 280 g/mol. The Kier molecular flexibility index (Phi) is 4.55. The van der Waals surface area contributed by atoms with Gasteiger partial charge < -0.3 is 10.6 Å². The number of thioether (sulfide) groups is 1. The van der Waals surface area contributed by atoms with Gasteiger partial charge in [-0.3, -0.25) is 0 Å². The van der Waals surface area contributed by atoms with E-state index in [1.54, 1.807) is 0 Å². The molecule has 0 amide bonds. The number of nitrogens with zero attached hydrogens (tertiary/aromatic N) is 2. The van der Waals surface area contributed by atoms with Crippen LogP contribution in [0.25, 0.3) is 0 Å². The maximum atomic E-state index is 4.64. The van der Waals surface area contributed by atoms with E-state index in [0.29, 0.717) is 0 Å². The number of hydrogen-bond acceptors (Lipinski definition) is 5. The van der Waals surface area contributed by atoms with Gasteiger partial charge in [-0.1, -0.05) is 20.8 Å². The highest BCUT2D eigenvalue weighted by atomic mass is 32.2. The first kappa shape index (κ1) is 14.4. The van der Waals surface area contributed by atoms with E-state index in [4.69, 9.17) is 0 Å². The Morgan fingerprint density at radius 1 is 1.32 bits per heavy atom. The van der Waals surface area contributed by atoms with Crippen molar-refractivity contribution >= 4 is 23.4 Å². The molecule has 0 spiro atoms. The molecule has 1 saturated heterocycles. The van der Waals surface area contributed by atoms with Gasteiger partial charge in [-0.2, -0.15) is 11.8 Å². The molecule has 4 nitrogen and oxygen atoms in total. The summed E-state index contributed by atoms with van der Waals surface area (Å²) in [4.78, 5) is 9.18. The molecule has 1 fully saturated rings. The molecule has 2 N–H and O–H groups in total. The van der Waals surface area contributed by atoms with E-state index in [2.05, 4.69) is 41.4 Å². The Balaban J connectivity index is 2.10. The molecular formula is C14H24N4S. The van der Waals surface area contributed by atoms with Crippen LogP contribution in [0.3, 0.4) is 0 Å². The predicted octanol–water partition coefficient (Wildman–Crippen LogP) is 2.98. The summed E-state index contributed by atoms with van der Waals surface area (Å²) >= 11 is 2.05. The van der Waals surface area contributed by atoms with Crippen molar-refractivity contribution in [2.45, 2.75) is 32.6 Å². The number of nitrogens with one attached hydrogen (secondary N) is 2. The lowest BCUT2D eigenvalue weighted by molar-refractivity contribution is 0.546. The summed E-state index contributed by atoms with van der Waals surface area (Å²) in [6, 6.07) is 1.98. The summed E-state index contributed by atoms with van der Waals surface area (Å²) in [5.74, 6) is 6.02. The van der Waals surface area contributed by atoms with E-state index >= 15 is 0 Å². The normalized spacial score (nSPS) is 19.5. The maximum Gasteiger partial charge on any atom is 0.138 e. The summed E-state index contributed by atoms with van der Waals surface area (Å²) < 4.78 is 0. The van der Waals surface area contributed by atoms with E-state index in [-0.39, 0.29) is 5.41 Å². The van der Waals surface area contributed by atoms with Crippen LogP contribution in [0.2, 0.25) is 0 Å². The molecule has 2 heterocycles. The zero-order chi connectivity index (χ0) is 13.9. The molecular weight excluding hydrogens is 256 g/mol. The number of rotatable bonds is 4. The van der Waals surface area contributed by atoms with E-state index < -0.39 is 0 Å². The van der Waals surface area contributed by atoms with Gasteiger partial charge >= 0.3 is 0 Å². The number of hydrogen-bond donors (Lipinski definition) is 2. The molecule has 0 aliphatic carbocycles. The minimum atomic E-state index is -0.0352. The van der Waals surface area contributed by atoms with Crippen molar-refractivity contribution < 1.29 is 0 Å². The molecule has 1 aromatic heterocycles. The molecule has 0 saturated carbocycles. The molecule has 0 radical (unpaired) electrons. The van der Waals surface area contributed by atoms with Crippen LogP contribution >= 0.6 is 11.8 Å². The van der Waals surface area contributed by atoms with E-state index in [1.807, 2.05) is 24.9 Å². The third-order valence-electron chi connectivity index (χ3n) is 3.25. The summed E-state index contributed by atoms with van der Waals surface area (Å²) in [7, 11) is 1.90. The van der Waals surface area contributed by atoms with Crippen LogP contribution in [-0.4, -0.2) is 35.1 Å². The lowest BCUT2D eigenvalue weighted by Crippen LogP contribution is -2.20. The van der Waals surface area contributed by atoms with Crippen molar-refractivity contribution in [3.8, 4) is 0 Å². The van der Waals surface area contributed by atoms with Gasteiger partial charge in [0, 0.05) is 25.1 Å². The Labute approximate surface area is 120 Å². The predicted molar refractivity (Wildman–Crippen MR) is 84.2 cm³/mol. The third kappa shape index (κ3) is 4.00. The molecule has 2 rings (SSSR count). The quantitative estimate of drug-likeness (QED) is 0.888. The molecule has 19 heavy (non-hydrogen) atoms. The molecule has 1 aromatic rings. The van der Waals surface area contributed by atoms with Crippen LogP contribution in [0.5, 0.6) is 0 Å². The molecule has 1 aliphatic heterocycles. The van der Waals surface area contributed by atoms with Crippen molar-refractivity contribution in [1.29, 1.82) is 0 Å². The zero-order valence-corrected chi connectivity index (χ0v) is 13.1. The van der Waals surface area contributed by atoms with Crippen molar-refractivity contribution in [2.24, 2.45) is 5.92 Å². The van der Waals surface area contributed by atoms with Crippen LogP contribution in [0.4, 0.5) is 11.6 Å². The van der Waals surface area contributed by atoms with Gasteiger partial charge in [0.2, 0.25) is 0 Å². The molecule has 1 aliphatic rings. The number of aromatic nitrogens is 2. The van der Waals surface area contributed by atoms with Crippen molar-refractivity contribution in [1.82, 2.24) is 9.97 Å². The summed E-state index contributed by atoms with van der Waals surface area (Å²) in [5.41, 5.74) is -0.0352. The monoisotopic (exact) mass is 280 g/mol. The lowest BCUT2D eigenvalue weighted by Gasteiger charge is -2.19. The van der Waals surface area contributed by atoms with Crippen molar-refractivity contribution in [2.75, 3.05) is 35.7 Å². The number of anilines is 2. The largest absolute Gasteiger partial charge is 0.373 e. The molecule has 106 valence electrons.